The minimum absolute atomic E-state index is 0.154. The van der Waals surface area contributed by atoms with E-state index in [2.05, 4.69) is 9.47 Å². The second-order valence-corrected chi connectivity index (χ2v) is 6.68. The minimum atomic E-state index is -0.551. The molecule has 0 atom stereocenters. The third-order valence-electron chi connectivity index (χ3n) is 1.47. The summed E-state index contributed by atoms with van der Waals surface area (Å²) in [5.41, 5.74) is 0. The Morgan fingerprint density at radius 3 is 1.69 bits per heavy atom. The molecule has 0 spiro atoms. The molecule has 74 valence electrons. The standard InChI is InChI=1S/2C4H7O2.Sn/c2*1-3-4(5)6-2;/h2*1,3H2,2H3;. The van der Waals surface area contributed by atoms with Crippen LogP contribution in [0.3, 0.4) is 0 Å². The summed E-state index contributed by atoms with van der Waals surface area (Å²) in [6.07, 6.45) is 1.01. The van der Waals surface area contributed by atoms with E-state index < -0.39 is 21.1 Å². The molecule has 0 amide bonds. The van der Waals surface area contributed by atoms with Crippen molar-refractivity contribution < 1.29 is 19.1 Å². The van der Waals surface area contributed by atoms with Crippen molar-refractivity contribution >= 4 is 33.1 Å². The molecular weight excluding hydrogens is 279 g/mol. The van der Waals surface area contributed by atoms with Gasteiger partial charge in [-0.2, -0.15) is 0 Å². The molecule has 0 heterocycles. The van der Waals surface area contributed by atoms with Crippen LogP contribution in [0.1, 0.15) is 12.8 Å². The monoisotopic (exact) mass is 294 g/mol. The van der Waals surface area contributed by atoms with E-state index in [-0.39, 0.29) is 11.9 Å². The molecule has 0 aliphatic rings. The van der Waals surface area contributed by atoms with Crippen molar-refractivity contribution in [3.63, 3.8) is 0 Å². The first-order valence-corrected chi connectivity index (χ1v) is 8.08. The zero-order valence-corrected chi connectivity index (χ0v) is 10.8. The van der Waals surface area contributed by atoms with E-state index >= 15 is 0 Å². The van der Waals surface area contributed by atoms with Crippen molar-refractivity contribution in [1.29, 1.82) is 0 Å². The van der Waals surface area contributed by atoms with Gasteiger partial charge in [0.15, 0.2) is 0 Å². The van der Waals surface area contributed by atoms with E-state index in [1.165, 1.54) is 14.2 Å². The van der Waals surface area contributed by atoms with E-state index in [0.29, 0.717) is 12.8 Å². The van der Waals surface area contributed by atoms with Gasteiger partial charge in [-0.05, 0) is 0 Å². The number of methoxy groups -OCH3 is 2. The zero-order chi connectivity index (χ0) is 10.1. The van der Waals surface area contributed by atoms with E-state index in [4.69, 9.17) is 0 Å². The number of rotatable bonds is 6. The first-order chi connectivity index (χ1) is 6.20. The number of carbonyl (C=O) groups is 2. The maximum atomic E-state index is 10.7. The van der Waals surface area contributed by atoms with Gasteiger partial charge in [0.1, 0.15) is 0 Å². The van der Waals surface area contributed by atoms with E-state index in [0.717, 1.165) is 8.87 Å². The molecule has 0 aromatic heterocycles. The predicted octanol–water partition coefficient (Wildman–Crippen LogP) is 0.653. The van der Waals surface area contributed by atoms with Crippen LogP contribution in [0.2, 0.25) is 8.87 Å². The van der Waals surface area contributed by atoms with Crippen molar-refractivity contribution in [2.75, 3.05) is 14.2 Å². The second-order valence-electron chi connectivity index (χ2n) is 2.40. The molecule has 0 bridgehead atoms. The number of hydrogen-bond acceptors (Lipinski definition) is 4. The molecule has 0 saturated heterocycles. The molecule has 0 N–H and O–H groups in total. The summed E-state index contributed by atoms with van der Waals surface area (Å²) in [5.74, 6) is -0.307. The number of ether oxygens (including phenoxy) is 2. The topological polar surface area (TPSA) is 52.6 Å². The fourth-order valence-corrected chi connectivity index (χ4v) is 3.60. The molecule has 0 aliphatic carbocycles. The van der Waals surface area contributed by atoms with Gasteiger partial charge in [0.2, 0.25) is 0 Å². The van der Waals surface area contributed by atoms with Gasteiger partial charge in [-0.15, -0.1) is 0 Å². The summed E-state index contributed by atoms with van der Waals surface area (Å²) >= 11 is -0.551. The third-order valence-corrected chi connectivity index (χ3v) is 4.91. The SMILES string of the molecule is COC(=O)C[CH2][Sn][CH2]CC(=O)OC. The summed E-state index contributed by atoms with van der Waals surface area (Å²) in [5, 5.41) is 0. The van der Waals surface area contributed by atoms with Crippen molar-refractivity contribution in [2.24, 2.45) is 0 Å². The molecule has 0 aromatic rings. The van der Waals surface area contributed by atoms with Crippen LogP contribution in [-0.2, 0) is 19.1 Å². The Labute approximate surface area is 88.2 Å². The van der Waals surface area contributed by atoms with Crippen LogP contribution < -0.4 is 0 Å². The Morgan fingerprint density at radius 2 is 1.38 bits per heavy atom. The Balaban J connectivity index is 3.17. The Hall–Kier alpha value is -0.261. The quantitative estimate of drug-likeness (QED) is 0.410. The fourth-order valence-electron chi connectivity index (χ4n) is 0.710. The summed E-state index contributed by atoms with van der Waals surface area (Å²) < 4.78 is 10.9. The van der Waals surface area contributed by atoms with Gasteiger partial charge in [-0.25, -0.2) is 0 Å². The van der Waals surface area contributed by atoms with Crippen LogP contribution in [0, 0.1) is 0 Å². The van der Waals surface area contributed by atoms with Crippen LogP contribution in [-0.4, -0.2) is 47.3 Å². The fraction of sp³-hybridized carbons (Fsp3) is 0.750. The van der Waals surface area contributed by atoms with E-state index in [1.807, 2.05) is 0 Å². The molecular formula is C8H14O4Sn. The molecule has 0 unspecified atom stereocenters. The van der Waals surface area contributed by atoms with Crippen molar-refractivity contribution in [3.05, 3.63) is 0 Å². The normalized spacial score (nSPS) is 9.38. The summed E-state index contributed by atoms with van der Waals surface area (Å²) in [7, 11) is 2.78. The maximum absolute atomic E-state index is 10.7. The van der Waals surface area contributed by atoms with Gasteiger partial charge < -0.3 is 0 Å². The van der Waals surface area contributed by atoms with Crippen molar-refractivity contribution in [1.82, 2.24) is 0 Å². The number of hydrogen-bond donors (Lipinski definition) is 0. The van der Waals surface area contributed by atoms with E-state index in [9.17, 15) is 9.59 Å². The Kier molecular flexibility index (Phi) is 8.17. The van der Waals surface area contributed by atoms with Crippen LogP contribution in [0.15, 0.2) is 0 Å². The molecule has 2 radical (unpaired) electrons. The van der Waals surface area contributed by atoms with Gasteiger partial charge in [0.25, 0.3) is 0 Å². The van der Waals surface area contributed by atoms with Crippen LogP contribution in [0.4, 0.5) is 0 Å². The molecule has 0 rings (SSSR count). The second kappa shape index (κ2) is 8.34. The molecule has 5 heteroatoms. The van der Waals surface area contributed by atoms with Gasteiger partial charge in [0.05, 0.1) is 0 Å². The third kappa shape index (κ3) is 8.08. The molecule has 0 aliphatic heterocycles. The summed E-state index contributed by atoms with van der Waals surface area (Å²) in [4.78, 5) is 21.4. The van der Waals surface area contributed by atoms with Gasteiger partial charge in [-0.3, -0.25) is 0 Å². The number of carbonyl (C=O) groups excluding carboxylic acids is 2. The van der Waals surface area contributed by atoms with Crippen LogP contribution in [0.5, 0.6) is 0 Å². The first-order valence-electron chi connectivity index (χ1n) is 4.05. The first kappa shape index (κ1) is 12.7. The van der Waals surface area contributed by atoms with Crippen LogP contribution >= 0.6 is 0 Å². The van der Waals surface area contributed by atoms with Gasteiger partial charge in [0, 0.05) is 0 Å². The van der Waals surface area contributed by atoms with E-state index in [1.54, 1.807) is 0 Å². The molecule has 13 heavy (non-hydrogen) atoms. The zero-order valence-electron chi connectivity index (χ0n) is 7.96. The van der Waals surface area contributed by atoms with Crippen molar-refractivity contribution in [3.8, 4) is 0 Å². The molecule has 0 aromatic carbocycles. The average Bonchev–Trinajstić information content (AvgIpc) is 2.16. The Morgan fingerprint density at radius 1 is 1.00 bits per heavy atom. The molecule has 0 saturated carbocycles. The Bertz CT molecular complexity index is 152. The molecule has 0 fully saturated rings. The summed E-state index contributed by atoms with van der Waals surface area (Å²) in [6.45, 7) is 0. The van der Waals surface area contributed by atoms with Gasteiger partial charge in [-0.1, -0.05) is 0 Å². The van der Waals surface area contributed by atoms with Gasteiger partial charge >= 0.3 is 88.1 Å². The molecule has 4 nitrogen and oxygen atoms in total. The van der Waals surface area contributed by atoms with Crippen LogP contribution in [0.25, 0.3) is 0 Å². The summed E-state index contributed by atoms with van der Waals surface area (Å²) in [6, 6.07) is 0. The van der Waals surface area contributed by atoms with Crippen molar-refractivity contribution in [2.45, 2.75) is 21.7 Å². The number of esters is 2. The predicted molar refractivity (Wildman–Crippen MR) is 48.6 cm³/mol. The average molecular weight is 293 g/mol.